The lowest BCUT2D eigenvalue weighted by Gasteiger charge is -1.96. The van der Waals surface area contributed by atoms with E-state index in [0.29, 0.717) is 5.52 Å². The number of nitrogens with zero attached hydrogens (tertiary/aromatic N) is 1. The van der Waals surface area contributed by atoms with Crippen LogP contribution >= 0.6 is 0 Å². The summed E-state index contributed by atoms with van der Waals surface area (Å²) in [6.45, 7) is 0. The molecular formula is C10H6NO2. The van der Waals surface area contributed by atoms with Crippen molar-refractivity contribution in [3.63, 3.8) is 0 Å². The average molecular weight is 172 g/mol. The maximum atomic E-state index is 10.6. The number of aromatic nitrogens is 1. The minimum Gasteiger partial charge on any atom is -0.477 e. The van der Waals surface area contributed by atoms with Gasteiger partial charge in [-0.1, -0.05) is 18.2 Å². The molecule has 1 aromatic heterocycles. The molecule has 0 aliphatic heterocycles. The summed E-state index contributed by atoms with van der Waals surface area (Å²) in [7, 11) is 0. The minimum absolute atomic E-state index is 0.0266. The van der Waals surface area contributed by atoms with Gasteiger partial charge in [0.1, 0.15) is 5.69 Å². The maximum absolute atomic E-state index is 10.6. The van der Waals surface area contributed by atoms with E-state index in [-0.39, 0.29) is 5.69 Å². The zero-order valence-corrected chi connectivity index (χ0v) is 6.69. The molecule has 0 bridgehead atoms. The van der Waals surface area contributed by atoms with E-state index in [1.807, 2.05) is 18.2 Å². The Balaban J connectivity index is 2.69. The van der Waals surface area contributed by atoms with E-state index in [2.05, 4.69) is 11.1 Å². The molecule has 13 heavy (non-hydrogen) atoms. The summed E-state index contributed by atoms with van der Waals surface area (Å²) >= 11 is 0. The van der Waals surface area contributed by atoms with Crippen LogP contribution < -0.4 is 0 Å². The van der Waals surface area contributed by atoms with Crippen molar-refractivity contribution in [3.05, 3.63) is 42.1 Å². The maximum Gasteiger partial charge on any atom is 0.354 e. The lowest BCUT2D eigenvalue weighted by Crippen LogP contribution is -1.99. The first-order valence-corrected chi connectivity index (χ1v) is 3.78. The number of hydrogen-bond donors (Lipinski definition) is 1. The zero-order chi connectivity index (χ0) is 9.26. The molecule has 0 saturated carbocycles. The van der Waals surface area contributed by atoms with Crippen LogP contribution in [0.15, 0.2) is 30.3 Å². The van der Waals surface area contributed by atoms with Crippen LogP contribution in [0.1, 0.15) is 10.5 Å². The van der Waals surface area contributed by atoms with E-state index < -0.39 is 5.97 Å². The zero-order valence-electron chi connectivity index (χ0n) is 6.69. The first-order chi connectivity index (χ1) is 6.27. The third-order valence-electron chi connectivity index (χ3n) is 1.73. The highest BCUT2D eigenvalue weighted by Gasteiger charge is 2.04. The quantitative estimate of drug-likeness (QED) is 0.712. The minimum atomic E-state index is -1.03. The van der Waals surface area contributed by atoms with Crippen molar-refractivity contribution in [3.8, 4) is 0 Å². The van der Waals surface area contributed by atoms with Gasteiger partial charge in [-0.05, 0) is 18.2 Å². The monoisotopic (exact) mass is 172 g/mol. The van der Waals surface area contributed by atoms with Crippen molar-refractivity contribution < 1.29 is 9.90 Å². The summed E-state index contributed by atoms with van der Waals surface area (Å²) in [5.41, 5.74) is 0.682. The Morgan fingerprint density at radius 3 is 2.92 bits per heavy atom. The molecule has 3 heteroatoms. The molecule has 0 aliphatic carbocycles. The lowest BCUT2D eigenvalue weighted by molar-refractivity contribution is 0.0691. The van der Waals surface area contributed by atoms with Gasteiger partial charge in [0.15, 0.2) is 0 Å². The predicted molar refractivity (Wildman–Crippen MR) is 47.5 cm³/mol. The molecule has 1 N–H and O–H groups in total. The molecule has 1 radical (unpaired) electrons. The summed E-state index contributed by atoms with van der Waals surface area (Å²) in [4.78, 5) is 14.5. The predicted octanol–water partition coefficient (Wildman–Crippen LogP) is 1.73. The van der Waals surface area contributed by atoms with Gasteiger partial charge >= 0.3 is 5.97 Å². The van der Waals surface area contributed by atoms with E-state index in [0.717, 1.165) is 5.39 Å². The summed E-state index contributed by atoms with van der Waals surface area (Å²) in [6.07, 6.45) is 0. The van der Waals surface area contributed by atoms with Gasteiger partial charge in [-0.3, -0.25) is 0 Å². The molecule has 0 spiro atoms. The molecular weight excluding hydrogens is 166 g/mol. The Labute approximate surface area is 74.7 Å². The molecule has 63 valence electrons. The molecule has 0 saturated heterocycles. The molecule has 0 fully saturated rings. The number of pyridine rings is 1. The number of hydrogen-bond acceptors (Lipinski definition) is 2. The third kappa shape index (κ3) is 1.36. The molecule has 3 nitrogen and oxygen atoms in total. The fraction of sp³-hybridized carbons (Fsp3) is 0. The van der Waals surface area contributed by atoms with Gasteiger partial charge in [-0.2, -0.15) is 0 Å². The smallest absolute Gasteiger partial charge is 0.354 e. The number of carbonyl (C=O) groups is 1. The first-order valence-electron chi connectivity index (χ1n) is 3.78. The van der Waals surface area contributed by atoms with Crippen molar-refractivity contribution in [2.75, 3.05) is 0 Å². The van der Waals surface area contributed by atoms with Crippen molar-refractivity contribution in [1.29, 1.82) is 0 Å². The molecule has 0 amide bonds. The standard InChI is InChI=1S/C10H6NO2/c12-10(13)9-6-5-7-3-1-2-4-8(7)11-9/h1-4,6H,(H,12,13). The van der Waals surface area contributed by atoms with Crippen LogP contribution in [-0.2, 0) is 0 Å². The molecule has 0 unspecified atom stereocenters. The number of rotatable bonds is 1. The molecule has 2 rings (SSSR count). The van der Waals surface area contributed by atoms with Crippen molar-refractivity contribution in [2.24, 2.45) is 0 Å². The van der Waals surface area contributed by atoms with Crippen LogP contribution in [-0.4, -0.2) is 16.1 Å². The van der Waals surface area contributed by atoms with Crippen LogP contribution in [0, 0.1) is 6.07 Å². The second kappa shape index (κ2) is 2.86. The van der Waals surface area contributed by atoms with E-state index in [4.69, 9.17) is 5.11 Å². The van der Waals surface area contributed by atoms with Crippen LogP contribution in [0.3, 0.4) is 0 Å². The Kier molecular flexibility index (Phi) is 1.70. The van der Waals surface area contributed by atoms with E-state index >= 15 is 0 Å². The largest absolute Gasteiger partial charge is 0.477 e. The van der Waals surface area contributed by atoms with Crippen LogP contribution in [0.25, 0.3) is 10.9 Å². The Hall–Kier alpha value is -1.90. The number of carboxylic acid groups (broad SMARTS) is 1. The summed E-state index contributed by atoms with van der Waals surface area (Å²) in [6, 6.07) is 11.5. The molecule has 0 atom stereocenters. The second-order valence-corrected chi connectivity index (χ2v) is 2.61. The fourth-order valence-corrected chi connectivity index (χ4v) is 1.11. The van der Waals surface area contributed by atoms with Gasteiger partial charge in [0, 0.05) is 5.39 Å². The molecule has 2 aromatic rings. The summed E-state index contributed by atoms with van der Waals surface area (Å²) < 4.78 is 0. The van der Waals surface area contributed by atoms with Gasteiger partial charge in [0.25, 0.3) is 0 Å². The highest BCUT2D eigenvalue weighted by atomic mass is 16.4. The molecule has 1 aromatic carbocycles. The second-order valence-electron chi connectivity index (χ2n) is 2.61. The van der Waals surface area contributed by atoms with Gasteiger partial charge in [-0.15, -0.1) is 0 Å². The van der Waals surface area contributed by atoms with Crippen molar-refractivity contribution >= 4 is 16.9 Å². The first kappa shape index (κ1) is 7.73. The highest BCUT2D eigenvalue weighted by molar-refractivity contribution is 5.89. The summed E-state index contributed by atoms with van der Waals surface area (Å²) in [5, 5.41) is 9.49. The van der Waals surface area contributed by atoms with Crippen molar-refractivity contribution in [2.45, 2.75) is 0 Å². The van der Waals surface area contributed by atoms with Gasteiger partial charge in [-0.25, -0.2) is 9.78 Å². The Bertz CT molecular complexity index is 465. The van der Waals surface area contributed by atoms with E-state index in [9.17, 15) is 4.79 Å². The van der Waals surface area contributed by atoms with Crippen LogP contribution in [0.4, 0.5) is 0 Å². The van der Waals surface area contributed by atoms with Gasteiger partial charge < -0.3 is 5.11 Å². The number of para-hydroxylation sites is 1. The van der Waals surface area contributed by atoms with E-state index in [1.165, 1.54) is 6.07 Å². The van der Waals surface area contributed by atoms with Crippen LogP contribution in [0.2, 0.25) is 0 Å². The molecule has 0 aliphatic rings. The number of aromatic carboxylic acids is 1. The third-order valence-corrected chi connectivity index (χ3v) is 1.73. The normalized spacial score (nSPS) is 10.2. The Morgan fingerprint density at radius 1 is 1.38 bits per heavy atom. The summed E-state index contributed by atoms with van der Waals surface area (Å²) in [5.74, 6) is -1.03. The fourth-order valence-electron chi connectivity index (χ4n) is 1.11. The van der Waals surface area contributed by atoms with E-state index in [1.54, 1.807) is 6.07 Å². The lowest BCUT2D eigenvalue weighted by atomic mass is 10.2. The SMILES string of the molecule is O=C(O)c1c[c]c2ccccc2n1. The van der Waals surface area contributed by atoms with Gasteiger partial charge in [0.2, 0.25) is 0 Å². The van der Waals surface area contributed by atoms with Crippen LogP contribution in [0.5, 0.6) is 0 Å². The average Bonchev–Trinajstić information content (AvgIpc) is 2.17. The topological polar surface area (TPSA) is 50.2 Å². The number of carboxylic acids is 1. The Morgan fingerprint density at radius 2 is 2.15 bits per heavy atom. The van der Waals surface area contributed by atoms with Gasteiger partial charge in [0.05, 0.1) is 5.52 Å². The number of fused-ring (bicyclic) bond motifs is 1. The molecule has 1 heterocycles. The van der Waals surface area contributed by atoms with Crippen molar-refractivity contribution in [1.82, 2.24) is 4.98 Å². The number of benzene rings is 1. The highest BCUT2D eigenvalue weighted by Crippen LogP contribution is 2.10.